The van der Waals surface area contributed by atoms with Crippen molar-refractivity contribution in [2.45, 2.75) is 19.8 Å². The Morgan fingerprint density at radius 3 is 2.89 bits per heavy atom. The first kappa shape index (κ1) is 14.0. The van der Waals surface area contributed by atoms with E-state index in [1.807, 2.05) is 6.92 Å². The van der Waals surface area contributed by atoms with Crippen molar-refractivity contribution in [3.05, 3.63) is 24.0 Å². The number of carbonyl (C=O) groups is 2. The maximum atomic E-state index is 11.9. The van der Waals surface area contributed by atoms with Gasteiger partial charge in [-0.3, -0.25) is 14.6 Å². The van der Waals surface area contributed by atoms with Crippen molar-refractivity contribution in [3.8, 4) is 0 Å². The van der Waals surface area contributed by atoms with Crippen LogP contribution in [0.3, 0.4) is 0 Å². The van der Waals surface area contributed by atoms with Gasteiger partial charge in [0, 0.05) is 31.9 Å². The van der Waals surface area contributed by atoms with Crippen molar-refractivity contribution < 1.29 is 9.59 Å². The standard InChI is InChI=1S/C12H18N4O2/c1-2-15-10-5-7-14-8-9(10)12(18)16-6-3-4-11(13)17/h5,7-8H,2-4,6H2,1H3,(H2,13,17)(H,14,15)(H,16,18). The lowest BCUT2D eigenvalue weighted by Gasteiger charge is -2.10. The van der Waals surface area contributed by atoms with Crippen LogP contribution in [-0.2, 0) is 4.79 Å². The van der Waals surface area contributed by atoms with Crippen molar-refractivity contribution in [1.82, 2.24) is 10.3 Å². The number of nitrogens with zero attached hydrogens (tertiary/aromatic N) is 1. The molecule has 0 aliphatic carbocycles. The molecule has 0 radical (unpaired) electrons. The minimum Gasteiger partial charge on any atom is -0.385 e. The van der Waals surface area contributed by atoms with Gasteiger partial charge in [0.15, 0.2) is 0 Å². The fourth-order valence-electron chi connectivity index (χ4n) is 1.48. The minimum atomic E-state index is -0.362. The molecule has 0 aliphatic rings. The fourth-order valence-corrected chi connectivity index (χ4v) is 1.48. The van der Waals surface area contributed by atoms with E-state index in [1.165, 1.54) is 6.20 Å². The third-order valence-electron chi connectivity index (χ3n) is 2.32. The van der Waals surface area contributed by atoms with Crippen LogP contribution in [0.2, 0.25) is 0 Å². The lowest BCUT2D eigenvalue weighted by atomic mass is 10.2. The highest BCUT2D eigenvalue weighted by molar-refractivity contribution is 5.99. The lowest BCUT2D eigenvalue weighted by Crippen LogP contribution is -2.26. The van der Waals surface area contributed by atoms with Crippen molar-refractivity contribution in [2.24, 2.45) is 5.73 Å². The number of nitrogens with two attached hydrogens (primary N) is 1. The maximum Gasteiger partial charge on any atom is 0.254 e. The molecule has 0 spiro atoms. The Morgan fingerprint density at radius 1 is 1.44 bits per heavy atom. The molecule has 0 saturated carbocycles. The SMILES string of the molecule is CCNc1ccncc1C(=O)NCCCC(N)=O. The van der Waals surface area contributed by atoms with Gasteiger partial charge < -0.3 is 16.4 Å². The topological polar surface area (TPSA) is 97.1 Å². The second-order valence-corrected chi connectivity index (χ2v) is 3.78. The zero-order valence-corrected chi connectivity index (χ0v) is 10.4. The molecule has 1 aromatic heterocycles. The summed E-state index contributed by atoms with van der Waals surface area (Å²) in [5, 5.41) is 5.82. The molecule has 1 heterocycles. The monoisotopic (exact) mass is 250 g/mol. The van der Waals surface area contributed by atoms with E-state index < -0.39 is 0 Å². The normalized spacial score (nSPS) is 9.83. The summed E-state index contributed by atoms with van der Waals surface area (Å²) in [5.41, 5.74) is 6.26. The third-order valence-corrected chi connectivity index (χ3v) is 2.32. The zero-order valence-electron chi connectivity index (χ0n) is 10.4. The fraction of sp³-hybridized carbons (Fsp3) is 0.417. The number of carbonyl (C=O) groups excluding carboxylic acids is 2. The van der Waals surface area contributed by atoms with Crippen LogP contribution in [-0.4, -0.2) is 29.9 Å². The van der Waals surface area contributed by atoms with Crippen LogP contribution in [0, 0.1) is 0 Å². The molecule has 2 amide bonds. The Bertz CT molecular complexity index is 420. The van der Waals surface area contributed by atoms with Gasteiger partial charge in [-0.05, 0) is 19.4 Å². The van der Waals surface area contributed by atoms with Crippen LogP contribution in [0.5, 0.6) is 0 Å². The van der Waals surface area contributed by atoms with Gasteiger partial charge in [0.2, 0.25) is 5.91 Å². The summed E-state index contributed by atoms with van der Waals surface area (Å²) in [6.07, 6.45) is 3.95. The van der Waals surface area contributed by atoms with Crippen molar-refractivity contribution >= 4 is 17.5 Å². The first-order chi connectivity index (χ1) is 8.65. The number of aromatic nitrogens is 1. The molecule has 18 heavy (non-hydrogen) atoms. The minimum absolute atomic E-state index is 0.205. The molecule has 0 saturated heterocycles. The molecule has 6 nitrogen and oxygen atoms in total. The number of nitrogens with one attached hydrogen (secondary N) is 2. The van der Waals surface area contributed by atoms with E-state index >= 15 is 0 Å². The highest BCUT2D eigenvalue weighted by atomic mass is 16.2. The second kappa shape index (κ2) is 7.26. The van der Waals surface area contributed by atoms with E-state index in [1.54, 1.807) is 12.3 Å². The van der Waals surface area contributed by atoms with Crippen LogP contribution < -0.4 is 16.4 Å². The molecule has 0 fully saturated rings. The average molecular weight is 250 g/mol. The first-order valence-corrected chi connectivity index (χ1v) is 5.89. The van der Waals surface area contributed by atoms with Crippen molar-refractivity contribution in [1.29, 1.82) is 0 Å². The highest BCUT2D eigenvalue weighted by Gasteiger charge is 2.10. The smallest absolute Gasteiger partial charge is 0.254 e. The molecular formula is C12H18N4O2. The van der Waals surface area contributed by atoms with Crippen LogP contribution in [0.15, 0.2) is 18.5 Å². The summed E-state index contributed by atoms with van der Waals surface area (Å²) in [5.74, 6) is -0.567. The third kappa shape index (κ3) is 4.40. The van der Waals surface area contributed by atoms with Gasteiger partial charge in [-0.25, -0.2) is 0 Å². The van der Waals surface area contributed by atoms with Crippen LogP contribution >= 0.6 is 0 Å². The highest BCUT2D eigenvalue weighted by Crippen LogP contribution is 2.12. The van der Waals surface area contributed by atoms with Crippen LogP contribution in [0.25, 0.3) is 0 Å². The quantitative estimate of drug-likeness (QED) is 0.614. The zero-order chi connectivity index (χ0) is 13.4. The van der Waals surface area contributed by atoms with E-state index in [0.29, 0.717) is 18.5 Å². The predicted octanol–water partition coefficient (Wildman–Crippen LogP) is 0.509. The van der Waals surface area contributed by atoms with Crippen molar-refractivity contribution in [3.63, 3.8) is 0 Å². The second-order valence-electron chi connectivity index (χ2n) is 3.78. The number of amides is 2. The van der Waals surface area contributed by atoms with Gasteiger partial charge in [0.25, 0.3) is 5.91 Å². The first-order valence-electron chi connectivity index (χ1n) is 5.89. The molecule has 4 N–H and O–H groups in total. The molecule has 0 aromatic carbocycles. The Hall–Kier alpha value is -2.11. The molecule has 98 valence electrons. The lowest BCUT2D eigenvalue weighted by molar-refractivity contribution is -0.118. The van der Waals surface area contributed by atoms with Gasteiger partial charge in [0.05, 0.1) is 11.3 Å². The average Bonchev–Trinajstić information content (AvgIpc) is 2.35. The Labute approximate surface area is 106 Å². The number of rotatable bonds is 7. The summed E-state index contributed by atoms with van der Waals surface area (Å²) < 4.78 is 0. The molecular weight excluding hydrogens is 232 g/mol. The number of hydrogen-bond acceptors (Lipinski definition) is 4. The predicted molar refractivity (Wildman–Crippen MR) is 69.2 cm³/mol. The number of hydrogen-bond donors (Lipinski definition) is 3. The van der Waals surface area contributed by atoms with E-state index in [0.717, 1.165) is 12.2 Å². The van der Waals surface area contributed by atoms with Crippen LogP contribution in [0.1, 0.15) is 30.1 Å². The van der Waals surface area contributed by atoms with E-state index in [2.05, 4.69) is 15.6 Å². The van der Waals surface area contributed by atoms with Gasteiger partial charge in [-0.1, -0.05) is 0 Å². The number of pyridine rings is 1. The van der Waals surface area contributed by atoms with Gasteiger partial charge in [-0.15, -0.1) is 0 Å². The summed E-state index contributed by atoms with van der Waals surface area (Å²) in [6.45, 7) is 3.10. The Balaban J connectivity index is 2.53. The summed E-state index contributed by atoms with van der Waals surface area (Å²) in [6, 6.07) is 1.75. The summed E-state index contributed by atoms with van der Waals surface area (Å²) in [7, 11) is 0. The summed E-state index contributed by atoms with van der Waals surface area (Å²) in [4.78, 5) is 26.4. The van der Waals surface area contributed by atoms with Gasteiger partial charge >= 0.3 is 0 Å². The summed E-state index contributed by atoms with van der Waals surface area (Å²) >= 11 is 0. The molecule has 1 rings (SSSR count). The van der Waals surface area contributed by atoms with E-state index in [9.17, 15) is 9.59 Å². The van der Waals surface area contributed by atoms with Gasteiger partial charge in [-0.2, -0.15) is 0 Å². The molecule has 6 heteroatoms. The maximum absolute atomic E-state index is 11.9. The van der Waals surface area contributed by atoms with Crippen LogP contribution in [0.4, 0.5) is 5.69 Å². The largest absolute Gasteiger partial charge is 0.385 e. The molecule has 0 atom stereocenters. The van der Waals surface area contributed by atoms with Gasteiger partial charge in [0.1, 0.15) is 0 Å². The van der Waals surface area contributed by atoms with E-state index in [-0.39, 0.29) is 18.2 Å². The molecule has 0 aliphatic heterocycles. The van der Waals surface area contributed by atoms with Crippen molar-refractivity contribution in [2.75, 3.05) is 18.4 Å². The Kier molecular flexibility index (Phi) is 5.63. The molecule has 0 bridgehead atoms. The molecule has 0 unspecified atom stereocenters. The van der Waals surface area contributed by atoms with E-state index in [4.69, 9.17) is 5.73 Å². The molecule has 1 aromatic rings. The number of primary amides is 1. The number of anilines is 1. The Morgan fingerprint density at radius 2 is 2.22 bits per heavy atom.